The molecule has 0 aromatic carbocycles. The van der Waals surface area contributed by atoms with Crippen LogP contribution in [0.3, 0.4) is 0 Å². The molecule has 1 aliphatic heterocycles. The number of rotatable bonds is 39. The SMILES string of the molecule is CC(C)(C)OC(=O)COCCOCCOCCOCCOCCOCCOCCOCCOCCOCCOCCOCCOC1CCCCO1. The number of carbonyl (C=O) groups is 1. The van der Waals surface area contributed by atoms with Gasteiger partial charge in [0.05, 0.1) is 159 Å². The molecule has 16 nitrogen and oxygen atoms in total. The summed E-state index contributed by atoms with van der Waals surface area (Å²) in [6, 6.07) is 0. The Hall–Kier alpha value is -1.09. The van der Waals surface area contributed by atoms with Gasteiger partial charge in [0.2, 0.25) is 0 Å². The zero-order valence-corrected chi connectivity index (χ0v) is 31.6. The van der Waals surface area contributed by atoms with Gasteiger partial charge in [-0.1, -0.05) is 0 Å². The van der Waals surface area contributed by atoms with Crippen LogP contribution in [0.15, 0.2) is 0 Å². The van der Waals surface area contributed by atoms with E-state index in [1.54, 1.807) is 0 Å². The van der Waals surface area contributed by atoms with Crippen LogP contribution < -0.4 is 0 Å². The van der Waals surface area contributed by atoms with Crippen molar-refractivity contribution in [3.05, 3.63) is 0 Å². The number of hydrogen-bond acceptors (Lipinski definition) is 16. The van der Waals surface area contributed by atoms with Crippen LogP contribution in [0.5, 0.6) is 0 Å². The maximum absolute atomic E-state index is 11.5. The van der Waals surface area contributed by atoms with Gasteiger partial charge in [-0.3, -0.25) is 0 Å². The highest BCUT2D eigenvalue weighted by molar-refractivity contribution is 5.71. The molecule has 1 rings (SSSR count). The van der Waals surface area contributed by atoms with Gasteiger partial charge in [0, 0.05) is 6.61 Å². The first-order chi connectivity index (χ1) is 25.0. The van der Waals surface area contributed by atoms with Crippen LogP contribution in [0.25, 0.3) is 0 Å². The summed E-state index contributed by atoms with van der Waals surface area (Å²) < 4.78 is 81.7. The zero-order valence-electron chi connectivity index (χ0n) is 31.6. The molecule has 0 spiro atoms. The van der Waals surface area contributed by atoms with Crippen LogP contribution in [0, 0.1) is 0 Å². The van der Waals surface area contributed by atoms with Gasteiger partial charge in [-0.15, -0.1) is 0 Å². The minimum Gasteiger partial charge on any atom is -0.458 e. The molecule has 0 aromatic rings. The average molecular weight is 745 g/mol. The molecule has 0 aromatic heterocycles. The standard InChI is InChI=1S/C35H68O16/c1-35(2,3)51-33(36)32-48-29-28-46-25-24-44-21-20-42-17-16-40-13-12-38-9-8-37-10-11-39-14-15-41-18-19-43-22-23-45-26-27-47-30-31-50-34-6-4-5-7-49-34/h34H,4-32H2,1-3H3. The summed E-state index contributed by atoms with van der Waals surface area (Å²) in [6.45, 7) is 17.8. The first-order valence-electron chi connectivity index (χ1n) is 18.4. The van der Waals surface area contributed by atoms with Crippen LogP contribution in [-0.2, 0) is 75.8 Å². The molecule has 1 atom stereocenters. The van der Waals surface area contributed by atoms with Crippen molar-refractivity contribution in [2.24, 2.45) is 0 Å². The first kappa shape index (κ1) is 47.9. The third kappa shape index (κ3) is 38.4. The maximum atomic E-state index is 11.5. The number of hydrogen-bond donors (Lipinski definition) is 0. The zero-order chi connectivity index (χ0) is 36.8. The third-order valence-electron chi connectivity index (χ3n) is 6.40. The van der Waals surface area contributed by atoms with E-state index in [9.17, 15) is 4.79 Å². The lowest BCUT2D eigenvalue weighted by atomic mass is 10.2. The summed E-state index contributed by atoms with van der Waals surface area (Å²) in [7, 11) is 0. The van der Waals surface area contributed by atoms with Crippen molar-refractivity contribution in [3.8, 4) is 0 Å². The average Bonchev–Trinajstić information content (AvgIpc) is 3.11. The molecule has 0 saturated carbocycles. The minimum atomic E-state index is -0.513. The van der Waals surface area contributed by atoms with E-state index in [-0.39, 0.29) is 18.9 Å². The van der Waals surface area contributed by atoms with Gasteiger partial charge < -0.3 is 71.1 Å². The van der Waals surface area contributed by atoms with Gasteiger partial charge in [0.1, 0.15) is 12.2 Å². The van der Waals surface area contributed by atoms with E-state index in [1.165, 1.54) is 0 Å². The largest absolute Gasteiger partial charge is 0.458 e. The Morgan fingerprint density at radius 2 is 0.745 bits per heavy atom. The molecular weight excluding hydrogens is 676 g/mol. The van der Waals surface area contributed by atoms with Crippen molar-refractivity contribution in [2.45, 2.75) is 51.9 Å². The molecule has 0 aliphatic carbocycles. The summed E-state index contributed by atoms with van der Waals surface area (Å²) in [5.41, 5.74) is -0.513. The quantitative estimate of drug-likeness (QED) is 0.0666. The van der Waals surface area contributed by atoms with Gasteiger partial charge in [0.15, 0.2) is 6.29 Å². The third-order valence-corrected chi connectivity index (χ3v) is 6.40. The molecule has 1 fully saturated rings. The fraction of sp³-hybridized carbons (Fsp3) is 0.971. The smallest absolute Gasteiger partial charge is 0.332 e. The van der Waals surface area contributed by atoms with Gasteiger partial charge in [-0.2, -0.15) is 0 Å². The van der Waals surface area contributed by atoms with Crippen LogP contribution in [-0.4, -0.2) is 190 Å². The van der Waals surface area contributed by atoms with Crippen molar-refractivity contribution in [1.29, 1.82) is 0 Å². The van der Waals surface area contributed by atoms with Crippen molar-refractivity contribution >= 4 is 5.97 Å². The Morgan fingerprint density at radius 1 is 0.451 bits per heavy atom. The fourth-order valence-corrected chi connectivity index (χ4v) is 4.03. The highest BCUT2D eigenvalue weighted by atomic mass is 16.7. The Labute approximate surface area is 305 Å². The Bertz CT molecular complexity index is 720. The molecular formula is C35H68O16. The van der Waals surface area contributed by atoms with Gasteiger partial charge in [0.25, 0.3) is 0 Å². The monoisotopic (exact) mass is 744 g/mol. The van der Waals surface area contributed by atoms with Crippen molar-refractivity contribution in [2.75, 3.05) is 172 Å². The molecule has 0 amide bonds. The summed E-state index contributed by atoms with van der Waals surface area (Å²) in [6.07, 6.45) is 3.17. The molecule has 0 N–H and O–H groups in total. The van der Waals surface area contributed by atoms with Crippen molar-refractivity contribution < 1.29 is 75.8 Å². The van der Waals surface area contributed by atoms with Crippen molar-refractivity contribution in [1.82, 2.24) is 0 Å². The van der Waals surface area contributed by atoms with Crippen LogP contribution >= 0.6 is 0 Å². The second-order valence-corrected chi connectivity index (χ2v) is 12.0. The lowest BCUT2D eigenvalue weighted by Crippen LogP contribution is -2.27. The highest BCUT2D eigenvalue weighted by Gasteiger charge is 2.16. The molecule has 1 unspecified atom stereocenters. The molecule has 0 bridgehead atoms. The lowest BCUT2D eigenvalue weighted by Gasteiger charge is -2.22. The number of carbonyl (C=O) groups excluding carboxylic acids is 1. The second kappa shape index (κ2) is 37.2. The molecule has 1 aliphatic rings. The summed E-state index contributed by atoms with van der Waals surface area (Å²) in [4.78, 5) is 11.5. The predicted molar refractivity (Wildman–Crippen MR) is 185 cm³/mol. The van der Waals surface area contributed by atoms with Crippen LogP contribution in [0.2, 0.25) is 0 Å². The molecule has 1 heterocycles. The Kier molecular flexibility index (Phi) is 35.0. The molecule has 16 heteroatoms. The van der Waals surface area contributed by atoms with E-state index in [0.29, 0.717) is 159 Å². The van der Waals surface area contributed by atoms with E-state index in [2.05, 4.69) is 0 Å². The van der Waals surface area contributed by atoms with Crippen LogP contribution in [0.4, 0.5) is 0 Å². The molecule has 51 heavy (non-hydrogen) atoms. The summed E-state index contributed by atoms with van der Waals surface area (Å²) >= 11 is 0. The number of ether oxygens (including phenoxy) is 15. The van der Waals surface area contributed by atoms with Gasteiger partial charge >= 0.3 is 5.97 Å². The second-order valence-electron chi connectivity index (χ2n) is 12.0. The highest BCUT2D eigenvalue weighted by Crippen LogP contribution is 2.13. The molecule has 1 saturated heterocycles. The van der Waals surface area contributed by atoms with Crippen LogP contribution in [0.1, 0.15) is 40.0 Å². The fourth-order valence-electron chi connectivity index (χ4n) is 4.03. The van der Waals surface area contributed by atoms with E-state index >= 15 is 0 Å². The maximum Gasteiger partial charge on any atom is 0.332 e. The molecule has 304 valence electrons. The number of esters is 1. The van der Waals surface area contributed by atoms with E-state index < -0.39 is 5.60 Å². The topological polar surface area (TPSA) is 156 Å². The summed E-state index contributed by atoms with van der Waals surface area (Å²) in [5.74, 6) is -0.388. The lowest BCUT2D eigenvalue weighted by molar-refractivity contribution is -0.169. The molecule has 0 radical (unpaired) electrons. The minimum absolute atomic E-state index is 0.0706. The van der Waals surface area contributed by atoms with Crippen molar-refractivity contribution in [3.63, 3.8) is 0 Å². The van der Waals surface area contributed by atoms with E-state index in [4.69, 9.17) is 71.1 Å². The first-order valence-corrected chi connectivity index (χ1v) is 18.4. The predicted octanol–water partition coefficient (Wildman–Crippen LogP) is 2.07. The summed E-state index contributed by atoms with van der Waals surface area (Å²) in [5, 5.41) is 0. The van der Waals surface area contributed by atoms with E-state index in [1.807, 2.05) is 20.8 Å². The Morgan fingerprint density at radius 3 is 1.02 bits per heavy atom. The van der Waals surface area contributed by atoms with Gasteiger partial charge in [-0.05, 0) is 40.0 Å². The normalized spacial score (nSPS) is 15.1. The van der Waals surface area contributed by atoms with E-state index in [0.717, 1.165) is 25.9 Å². The van der Waals surface area contributed by atoms with Gasteiger partial charge in [-0.25, -0.2) is 4.79 Å². The Balaban J connectivity index is 1.61.